The molecule has 0 unspecified atom stereocenters. The first-order valence-electron chi connectivity index (χ1n) is 9.79. The minimum absolute atomic E-state index is 0.157. The fourth-order valence-electron chi connectivity index (χ4n) is 3.97. The average molecular weight is 387 g/mol. The number of hydrogen-bond donors (Lipinski definition) is 1. The molecule has 0 aliphatic carbocycles. The average Bonchev–Trinajstić information content (AvgIpc) is 3.04. The minimum atomic E-state index is -0.157. The largest absolute Gasteiger partial charge is 0.343 e. The summed E-state index contributed by atoms with van der Waals surface area (Å²) in [5.41, 5.74) is 1.05. The fraction of sp³-hybridized carbons (Fsp3) is 0.571. The van der Waals surface area contributed by atoms with Crippen molar-refractivity contribution in [2.24, 2.45) is 0 Å². The molecule has 0 spiro atoms. The van der Waals surface area contributed by atoms with Crippen molar-refractivity contribution in [3.8, 4) is 0 Å². The number of aromatic nitrogens is 3. The van der Waals surface area contributed by atoms with Gasteiger partial charge in [0, 0.05) is 31.5 Å². The van der Waals surface area contributed by atoms with Gasteiger partial charge in [-0.05, 0) is 49.9 Å². The predicted molar refractivity (Wildman–Crippen MR) is 110 cm³/mol. The Labute approximate surface area is 166 Å². The lowest BCUT2D eigenvalue weighted by atomic mass is 9.81. The molecule has 1 saturated heterocycles. The summed E-state index contributed by atoms with van der Waals surface area (Å²) in [6, 6.07) is 10.6. The highest BCUT2D eigenvalue weighted by Gasteiger charge is 2.31. The summed E-state index contributed by atoms with van der Waals surface area (Å²) < 4.78 is 2.79. The number of carbonyl (C=O) groups excluding carboxylic acids is 1. The van der Waals surface area contributed by atoms with E-state index in [1.54, 1.807) is 0 Å². The van der Waals surface area contributed by atoms with Gasteiger partial charge < -0.3 is 9.47 Å². The molecule has 1 amide bonds. The standard InChI is InChI=1S/C21H30N4OS/c1-15(2)25-19(22-23-20(25)27)16-10-12-24(13-11-16)18(26)14-21(3,4)17-8-6-5-7-9-17/h5-9,15-16H,10-14H2,1-4H3,(H,23,27). The quantitative estimate of drug-likeness (QED) is 0.764. The molecule has 1 aromatic heterocycles. The Kier molecular flexibility index (Phi) is 5.84. The second kappa shape index (κ2) is 7.97. The van der Waals surface area contributed by atoms with Gasteiger partial charge in [-0.3, -0.25) is 9.89 Å². The molecule has 0 saturated carbocycles. The van der Waals surface area contributed by atoms with Crippen LogP contribution in [0.5, 0.6) is 0 Å². The first-order chi connectivity index (χ1) is 12.8. The molecule has 1 N–H and O–H groups in total. The topological polar surface area (TPSA) is 53.9 Å². The zero-order valence-electron chi connectivity index (χ0n) is 16.7. The van der Waals surface area contributed by atoms with E-state index in [-0.39, 0.29) is 17.4 Å². The van der Waals surface area contributed by atoms with E-state index in [4.69, 9.17) is 12.2 Å². The maximum Gasteiger partial charge on any atom is 0.223 e. The highest BCUT2D eigenvalue weighted by molar-refractivity contribution is 7.71. The first kappa shape index (κ1) is 19.8. The molecule has 3 rings (SSSR count). The van der Waals surface area contributed by atoms with Crippen molar-refractivity contribution in [2.45, 2.75) is 64.3 Å². The highest BCUT2D eigenvalue weighted by Crippen LogP contribution is 2.31. The molecular formula is C21H30N4OS. The number of H-pyrrole nitrogens is 1. The number of aromatic amines is 1. The molecule has 2 heterocycles. The summed E-state index contributed by atoms with van der Waals surface area (Å²) in [6.45, 7) is 10.1. The van der Waals surface area contributed by atoms with Gasteiger partial charge in [0.2, 0.25) is 5.91 Å². The van der Waals surface area contributed by atoms with E-state index in [0.717, 1.165) is 31.8 Å². The van der Waals surface area contributed by atoms with Crippen molar-refractivity contribution >= 4 is 18.1 Å². The lowest BCUT2D eigenvalue weighted by Crippen LogP contribution is -2.41. The third-order valence-electron chi connectivity index (χ3n) is 5.61. The fourth-order valence-corrected chi connectivity index (χ4v) is 4.32. The van der Waals surface area contributed by atoms with Crippen molar-refractivity contribution in [3.63, 3.8) is 0 Å². The second-order valence-electron chi connectivity index (χ2n) is 8.43. The Balaban J connectivity index is 1.62. The van der Waals surface area contributed by atoms with Crippen molar-refractivity contribution < 1.29 is 4.79 Å². The van der Waals surface area contributed by atoms with Crippen molar-refractivity contribution in [3.05, 3.63) is 46.5 Å². The molecule has 146 valence electrons. The molecule has 6 heteroatoms. The van der Waals surface area contributed by atoms with Crippen LogP contribution in [0.3, 0.4) is 0 Å². The van der Waals surface area contributed by atoms with Gasteiger partial charge in [-0.25, -0.2) is 0 Å². The van der Waals surface area contributed by atoms with E-state index in [1.165, 1.54) is 5.56 Å². The van der Waals surface area contributed by atoms with Gasteiger partial charge in [-0.1, -0.05) is 44.2 Å². The monoisotopic (exact) mass is 386 g/mol. The van der Waals surface area contributed by atoms with Gasteiger partial charge in [0.25, 0.3) is 0 Å². The van der Waals surface area contributed by atoms with Crippen LogP contribution >= 0.6 is 12.2 Å². The molecule has 1 fully saturated rings. The molecule has 0 atom stereocenters. The van der Waals surface area contributed by atoms with Crippen LogP contribution in [0, 0.1) is 4.77 Å². The SMILES string of the molecule is CC(C)n1c(C2CCN(C(=O)CC(C)(C)c3ccccc3)CC2)n[nH]c1=S. The minimum Gasteiger partial charge on any atom is -0.343 e. The summed E-state index contributed by atoms with van der Waals surface area (Å²) in [7, 11) is 0. The summed E-state index contributed by atoms with van der Waals surface area (Å²) in [5.74, 6) is 1.63. The number of likely N-dealkylation sites (tertiary alicyclic amines) is 1. The van der Waals surface area contributed by atoms with E-state index in [0.29, 0.717) is 17.1 Å². The van der Waals surface area contributed by atoms with E-state index < -0.39 is 0 Å². The van der Waals surface area contributed by atoms with Crippen LogP contribution in [0.4, 0.5) is 0 Å². The van der Waals surface area contributed by atoms with E-state index in [2.05, 4.69) is 54.6 Å². The number of nitrogens with zero attached hydrogens (tertiary/aromatic N) is 3. The molecule has 1 aliphatic rings. The van der Waals surface area contributed by atoms with Gasteiger partial charge in [0.05, 0.1) is 0 Å². The summed E-state index contributed by atoms with van der Waals surface area (Å²) in [5, 5.41) is 7.41. The summed E-state index contributed by atoms with van der Waals surface area (Å²) in [4.78, 5) is 14.9. The van der Waals surface area contributed by atoms with Crippen LogP contribution < -0.4 is 0 Å². The molecule has 2 aromatic rings. The lowest BCUT2D eigenvalue weighted by Gasteiger charge is -2.34. The van der Waals surface area contributed by atoms with Crippen molar-refractivity contribution in [1.82, 2.24) is 19.7 Å². The van der Waals surface area contributed by atoms with Crippen LogP contribution in [-0.2, 0) is 10.2 Å². The smallest absolute Gasteiger partial charge is 0.223 e. The van der Waals surface area contributed by atoms with E-state index >= 15 is 0 Å². The Bertz CT molecular complexity index is 829. The van der Waals surface area contributed by atoms with Crippen LogP contribution in [-0.4, -0.2) is 38.7 Å². The number of piperidine rings is 1. The van der Waals surface area contributed by atoms with Crippen LogP contribution in [0.1, 0.15) is 70.3 Å². The van der Waals surface area contributed by atoms with Gasteiger partial charge in [0.1, 0.15) is 5.82 Å². The number of benzene rings is 1. The summed E-state index contributed by atoms with van der Waals surface area (Å²) in [6.07, 6.45) is 2.40. The second-order valence-corrected chi connectivity index (χ2v) is 8.82. The number of rotatable bonds is 5. The van der Waals surface area contributed by atoms with Crippen molar-refractivity contribution in [2.75, 3.05) is 13.1 Å². The van der Waals surface area contributed by atoms with Gasteiger partial charge >= 0.3 is 0 Å². The molecule has 1 aromatic carbocycles. The zero-order valence-corrected chi connectivity index (χ0v) is 17.6. The van der Waals surface area contributed by atoms with Gasteiger partial charge in [-0.15, -0.1) is 0 Å². The van der Waals surface area contributed by atoms with E-state index in [1.807, 2.05) is 23.1 Å². The predicted octanol–water partition coefficient (Wildman–Crippen LogP) is 4.60. The molecular weight excluding hydrogens is 356 g/mol. The first-order valence-corrected chi connectivity index (χ1v) is 10.2. The highest BCUT2D eigenvalue weighted by atomic mass is 32.1. The van der Waals surface area contributed by atoms with Gasteiger partial charge in [-0.2, -0.15) is 5.10 Å². The van der Waals surface area contributed by atoms with Gasteiger partial charge in [0.15, 0.2) is 4.77 Å². The Morgan fingerprint density at radius 3 is 2.48 bits per heavy atom. The van der Waals surface area contributed by atoms with Crippen molar-refractivity contribution in [1.29, 1.82) is 0 Å². The molecule has 5 nitrogen and oxygen atoms in total. The maximum atomic E-state index is 12.9. The van der Waals surface area contributed by atoms with E-state index in [9.17, 15) is 4.79 Å². The Morgan fingerprint density at radius 1 is 1.26 bits per heavy atom. The normalized spacial score (nSPS) is 16.1. The zero-order chi connectivity index (χ0) is 19.6. The van der Waals surface area contributed by atoms with Crippen LogP contribution in [0.15, 0.2) is 30.3 Å². The molecule has 27 heavy (non-hydrogen) atoms. The Hall–Kier alpha value is -1.95. The summed E-state index contributed by atoms with van der Waals surface area (Å²) >= 11 is 5.37. The molecule has 0 radical (unpaired) electrons. The number of carbonyl (C=O) groups is 1. The van der Waals surface area contributed by atoms with Crippen LogP contribution in [0.25, 0.3) is 0 Å². The third-order valence-corrected chi connectivity index (χ3v) is 5.90. The lowest BCUT2D eigenvalue weighted by molar-refractivity contribution is -0.133. The number of nitrogens with one attached hydrogen (secondary N) is 1. The third kappa shape index (κ3) is 4.32. The Morgan fingerprint density at radius 2 is 1.89 bits per heavy atom. The maximum absolute atomic E-state index is 12.9. The molecule has 0 bridgehead atoms. The molecule has 1 aliphatic heterocycles. The number of amides is 1. The van der Waals surface area contributed by atoms with Crippen LogP contribution in [0.2, 0.25) is 0 Å². The number of hydrogen-bond acceptors (Lipinski definition) is 3.